The summed E-state index contributed by atoms with van der Waals surface area (Å²) in [5, 5.41) is 9.38. The average molecular weight is 425 g/mol. The molecule has 168 valence electrons. The number of allylic oxidation sites excluding steroid dienone is 7. The summed E-state index contributed by atoms with van der Waals surface area (Å²) < 4.78 is 5.33. The van der Waals surface area contributed by atoms with Crippen molar-refractivity contribution in [2.75, 3.05) is 0 Å². The summed E-state index contributed by atoms with van der Waals surface area (Å²) in [4.78, 5) is 22.8. The third-order valence-corrected chi connectivity index (χ3v) is 8.97. The van der Waals surface area contributed by atoms with Crippen molar-refractivity contribution in [3.8, 4) is 0 Å². The number of carbonyl (C=O) groups is 2. The highest BCUT2D eigenvalue weighted by Crippen LogP contribution is 2.65. The first-order chi connectivity index (χ1) is 14.6. The van der Waals surface area contributed by atoms with E-state index in [0.29, 0.717) is 29.4 Å². The first-order valence-electron chi connectivity index (χ1n) is 11.8. The molecule has 0 saturated heterocycles. The highest BCUT2D eigenvalue weighted by Gasteiger charge is 2.56. The number of carbonyl (C=O) groups excluding carboxylic acids is 1. The van der Waals surface area contributed by atoms with Crippen molar-refractivity contribution < 1.29 is 19.4 Å². The van der Waals surface area contributed by atoms with Gasteiger partial charge >= 0.3 is 11.9 Å². The Labute approximate surface area is 186 Å². The van der Waals surface area contributed by atoms with Crippen LogP contribution in [-0.2, 0) is 14.3 Å². The minimum atomic E-state index is -0.680. The summed E-state index contributed by atoms with van der Waals surface area (Å²) in [6, 6.07) is 0. The second-order valence-electron chi connectivity index (χ2n) is 10.8. The molecule has 4 rings (SSSR count). The second kappa shape index (κ2) is 7.79. The van der Waals surface area contributed by atoms with Crippen LogP contribution in [0.4, 0.5) is 0 Å². The number of rotatable bonds is 5. The third-order valence-electron chi connectivity index (χ3n) is 8.97. The predicted molar refractivity (Wildman–Crippen MR) is 121 cm³/mol. The maximum absolute atomic E-state index is 11.4. The molecule has 0 aromatic carbocycles. The Hall–Kier alpha value is -2.10. The van der Waals surface area contributed by atoms with Gasteiger partial charge < -0.3 is 9.84 Å². The SMILES string of the molecule is CC(=O)OC1=CC2=CC=C3[C@@H]4CC[C@H]([C@H](C)CC(C)C(=O)O)[C@@]4(C)CC[C@@H]3[C@@]2(C)C=C1. The van der Waals surface area contributed by atoms with Crippen molar-refractivity contribution >= 4 is 11.9 Å². The van der Waals surface area contributed by atoms with Crippen LogP contribution < -0.4 is 0 Å². The highest BCUT2D eigenvalue weighted by atomic mass is 16.5. The number of aliphatic carboxylic acids is 1. The molecule has 4 nitrogen and oxygen atoms in total. The van der Waals surface area contributed by atoms with Gasteiger partial charge in [0.15, 0.2) is 0 Å². The molecule has 0 heterocycles. The molecule has 2 fully saturated rings. The van der Waals surface area contributed by atoms with Crippen molar-refractivity contribution in [2.45, 2.75) is 66.7 Å². The molecule has 0 spiro atoms. The van der Waals surface area contributed by atoms with E-state index < -0.39 is 5.97 Å². The summed E-state index contributed by atoms with van der Waals surface area (Å²) >= 11 is 0. The second-order valence-corrected chi connectivity index (χ2v) is 10.8. The monoisotopic (exact) mass is 424 g/mol. The molecule has 0 radical (unpaired) electrons. The Kier molecular flexibility index (Phi) is 5.56. The smallest absolute Gasteiger partial charge is 0.308 e. The predicted octanol–water partition coefficient (Wildman–Crippen LogP) is 6.07. The van der Waals surface area contributed by atoms with Crippen molar-refractivity contribution in [1.82, 2.24) is 0 Å². The van der Waals surface area contributed by atoms with Crippen LogP contribution in [0.2, 0.25) is 0 Å². The molecule has 4 heteroatoms. The number of ether oxygens (including phenoxy) is 1. The van der Waals surface area contributed by atoms with Gasteiger partial charge in [-0.25, -0.2) is 0 Å². The molecular weight excluding hydrogens is 388 g/mol. The molecule has 0 aliphatic heterocycles. The number of carboxylic acids is 1. The fourth-order valence-electron chi connectivity index (χ4n) is 7.34. The summed E-state index contributed by atoms with van der Waals surface area (Å²) in [6.07, 6.45) is 16.3. The zero-order chi connectivity index (χ0) is 22.6. The highest BCUT2D eigenvalue weighted by molar-refractivity contribution is 5.69. The number of fused-ring (bicyclic) bond motifs is 5. The molecule has 0 aromatic rings. The quantitative estimate of drug-likeness (QED) is 0.544. The zero-order valence-corrected chi connectivity index (χ0v) is 19.5. The first-order valence-corrected chi connectivity index (χ1v) is 11.8. The Balaban J connectivity index is 1.60. The number of esters is 1. The van der Waals surface area contributed by atoms with E-state index in [0.717, 1.165) is 12.8 Å². The van der Waals surface area contributed by atoms with Gasteiger partial charge in [0.1, 0.15) is 5.76 Å². The molecule has 0 aromatic heterocycles. The van der Waals surface area contributed by atoms with Gasteiger partial charge in [0.25, 0.3) is 0 Å². The minimum Gasteiger partial charge on any atom is -0.481 e. The van der Waals surface area contributed by atoms with Crippen LogP contribution in [0.25, 0.3) is 0 Å². The van der Waals surface area contributed by atoms with Crippen LogP contribution >= 0.6 is 0 Å². The van der Waals surface area contributed by atoms with E-state index in [1.807, 2.05) is 19.1 Å². The summed E-state index contributed by atoms with van der Waals surface area (Å²) in [5.41, 5.74) is 2.99. The molecule has 7 atom stereocenters. The van der Waals surface area contributed by atoms with Gasteiger partial charge in [0, 0.05) is 12.3 Å². The van der Waals surface area contributed by atoms with Gasteiger partial charge in [-0.15, -0.1) is 0 Å². The van der Waals surface area contributed by atoms with Gasteiger partial charge in [-0.1, -0.05) is 51.5 Å². The van der Waals surface area contributed by atoms with Crippen LogP contribution in [0, 0.1) is 40.4 Å². The molecule has 0 amide bonds. The summed E-state index contributed by atoms with van der Waals surface area (Å²) in [5.74, 6) is 1.42. The summed E-state index contributed by atoms with van der Waals surface area (Å²) in [7, 11) is 0. The van der Waals surface area contributed by atoms with E-state index in [2.05, 4.69) is 39.0 Å². The number of carboxylic acid groups (broad SMARTS) is 1. The molecule has 1 unspecified atom stereocenters. The normalized spacial score (nSPS) is 38.0. The van der Waals surface area contributed by atoms with Gasteiger partial charge in [-0.05, 0) is 78.9 Å². The third kappa shape index (κ3) is 3.62. The minimum absolute atomic E-state index is 0.0589. The van der Waals surface area contributed by atoms with Gasteiger partial charge in [-0.3, -0.25) is 9.59 Å². The van der Waals surface area contributed by atoms with Gasteiger partial charge in [-0.2, -0.15) is 0 Å². The molecule has 31 heavy (non-hydrogen) atoms. The van der Waals surface area contributed by atoms with E-state index in [9.17, 15) is 14.7 Å². The Morgan fingerprint density at radius 2 is 1.90 bits per heavy atom. The Morgan fingerprint density at radius 3 is 2.58 bits per heavy atom. The molecule has 4 aliphatic rings. The number of hydrogen-bond donors (Lipinski definition) is 1. The van der Waals surface area contributed by atoms with Crippen LogP contribution in [-0.4, -0.2) is 17.0 Å². The largest absolute Gasteiger partial charge is 0.481 e. The standard InChI is InChI=1S/C27H36O4/c1-16(14-17(2)25(29)30)22-8-9-23-21-7-6-19-15-20(31-18(3)28)10-12-26(19,4)24(21)11-13-27(22,23)5/h6-7,10,12,15-17,22-24H,8-9,11,13-14H2,1-5H3,(H,29,30)/t16-,17?,22-,23+,24+,26+,27-/m1/s1. The van der Waals surface area contributed by atoms with Gasteiger partial charge in [0.2, 0.25) is 0 Å². The van der Waals surface area contributed by atoms with E-state index in [4.69, 9.17) is 4.74 Å². The lowest BCUT2D eigenvalue weighted by Crippen LogP contribution is -2.44. The Morgan fingerprint density at radius 1 is 1.16 bits per heavy atom. The molecule has 1 N–H and O–H groups in total. The molecule has 4 aliphatic carbocycles. The number of hydrogen-bond acceptors (Lipinski definition) is 3. The van der Waals surface area contributed by atoms with Crippen molar-refractivity contribution in [3.05, 3.63) is 47.3 Å². The Bertz CT molecular complexity index is 906. The van der Waals surface area contributed by atoms with Crippen LogP contribution in [0.1, 0.15) is 66.7 Å². The van der Waals surface area contributed by atoms with Gasteiger partial charge in [0.05, 0.1) is 5.92 Å². The molecule has 0 bridgehead atoms. The molecular formula is C27H36O4. The summed E-state index contributed by atoms with van der Waals surface area (Å²) in [6.45, 7) is 10.3. The van der Waals surface area contributed by atoms with E-state index in [1.54, 1.807) is 5.57 Å². The van der Waals surface area contributed by atoms with E-state index in [1.165, 1.54) is 31.8 Å². The lowest BCUT2D eigenvalue weighted by molar-refractivity contribution is -0.142. The lowest BCUT2D eigenvalue weighted by atomic mass is 9.51. The van der Waals surface area contributed by atoms with Crippen molar-refractivity contribution in [2.24, 2.45) is 40.4 Å². The maximum Gasteiger partial charge on any atom is 0.308 e. The van der Waals surface area contributed by atoms with Crippen LogP contribution in [0.15, 0.2) is 47.3 Å². The average Bonchev–Trinajstić information content (AvgIpc) is 3.05. The fourth-order valence-corrected chi connectivity index (χ4v) is 7.34. The lowest BCUT2D eigenvalue weighted by Gasteiger charge is -2.53. The van der Waals surface area contributed by atoms with Crippen LogP contribution in [0.3, 0.4) is 0 Å². The molecule has 2 saturated carbocycles. The zero-order valence-electron chi connectivity index (χ0n) is 19.5. The van der Waals surface area contributed by atoms with E-state index >= 15 is 0 Å². The van der Waals surface area contributed by atoms with Crippen molar-refractivity contribution in [3.63, 3.8) is 0 Å². The maximum atomic E-state index is 11.4. The van der Waals surface area contributed by atoms with Crippen molar-refractivity contribution in [1.29, 1.82) is 0 Å². The van der Waals surface area contributed by atoms with Crippen LogP contribution in [0.5, 0.6) is 0 Å². The fraction of sp³-hybridized carbons (Fsp3) is 0.630. The first kappa shape index (κ1) is 22.1. The topological polar surface area (TPSA) is 63.6 Å². The van der Waals surface area contributed by atoms with E-state index in [-0.39, 0.29) is 22.7 Å².